The van der Waals surface area contributed by atoms with E-state index in [2.05, 4.69) is 26.2 Å². The number of hydrogen-bond acceptors (Lipinski definition) is 5. The van der Waals surface area contributed by atoms with Crippen LogP contribution in [0.1, 0.15) is 22.3 Å². The second-order valence-corrected chi connectivity index (χ2v) is 7.50. The van der Waals surface area contributed by atoms with Crippen LogP contribution in [0.2, 0.25) is 0 Å². The highest BCUT2D eigenvalue weighted by Gasteiger charge is 2.24. The predicted octanol–water partition coefficient (Wildman–Crippen LogP) is 3.06. The molecular weight excluding hydrogens is 439 g/mol. The molecule has 0 saturated heterocycles. The number of carboxylic acids is 1. The molecule has 2 rings (SSSR count). The summed E-state index contributed by atoms with van der Waals surface area (Å²) in [4.78, 5) is 39.5. The van der Waals surface area contributed by atoms with Gasteiger partial charge in [0.05, 0.1) is 23.8 Å². The molecule has 9 heteroatoms. The van der Waals surface area contributed by atoms with Crippen molar-refractivity contribution in [2.24, 2.45) is 0 Å². The van der Waals surface area contributed by atoms with Gasteiger partial charge in [0.25, 0.3) is 5.91 Å². The molecule has 0 aliphatic rings. The first kappa shape index (κ1) is 21.0. The lowest BCUT2D eigenvalue weighted by Gasteiger charge is -2.16. The molecular formula is C18H16BrFN2O4S. The summed E-state index contributed by atoms with van der Waals surface area (Å²) < 4.78 is 13.5. The average Bonchev–Trinajstić information content (AvgIpc) is 2.62. The Morgan fingerprint density at radius 1 is 1.22 bits per heavy atom. The number of carbonyl (C=O) groups excluding carboxylic acids is 2. The summed E-state index contributed by atoms with van der Waals surface area (Å²) in [6, 6.07) is 6.27. The van der Waals surface area contributed by atoms with Crippen LogP contribution in [0.5, 0.6) is 0 Å². The molecule has 1 aromatic carbocycles. The molecule has 1 amide bonds. The Hall–Kier alpha value is -2.26. The number of nitrogens with zero attached hydrogens (tertiary/aromatic N) is 1. The molecule has 6 nitrogen and oxygen atoms in total. The Morgan fingerprint density at radius 2 is 1.93 bits per heavy atom. The van der Waals surface area contributed by atoms with Crippen LogP contribution < -0.4 is 5.32 Å². The maximum atomic E-state index is 12.9. The summed E-state index contributed by atoms with van der Waals surface area (Å²) in [6.45, 7) is 0. The number of thioether (sulfide) groups is 1. The Bertz CT molecular complexity index is 832. The van der Waals surface area contributed by atoms with Crippen LogP contribution >= 0.6 is 27.7 Å². The molecule has 0 fully saturated rings. The lowest BCUT2D eigenvalue weighted by Crippen LogP contribution is -2.43. The van der Waals surface area contributed by atoms with E-state index in [0.717, 1.165) is 5.56 Å². The lowest BCUT2D eigenvalue weighted by molar-refractivity contribution is -0.139. The van der Waals surface area contributed by atoms with Crippen molar-refractivity contribution >= 4 is 45.4 Å². The lowest BCUT2D eigenvalue weighted by atomic mass is 10.1. The van der Waals surface area contributed by atoms with E-state index in [4.69, 9.17) is 5.11 Å². The summed E-state index contributed by atoms with van der Waals surface area (Å²) in [7, 11) is 0. The highest BCUT2D eigenvalue weighted by Crippen LogP contribution is 2.15. The summed E-state index contributed by atoms with van der Waals surface area (Å²) in [6.07, 6.45) is 2.32. The largest absolute Gasteiger partial charge is 0.481 e. The van der Waals surface area contributed by atoms with Crippen molar-refractivity contribution in [3.05, 3.63) is 64.1 Å². The minimum absolute atomic E-state index is 0.0202. The normalized spacial score (nSPS) is 11.6. The van der Waals surface area contributed by atoms with Gasteiger partial charge in [0, 0.05) is 22.6 Å². The highest BCUT2D eigenvalue weighted by molar-refractivity contribution is 9.10. The second-order valence-electron chi connectivity index (χ2n) is 5.60. The minimum atomic E-state index is -1.19. The first-order chi connectivity index (χ1) is 12.8. The molecule has 27 heavy (non-hydrogen) atoms. The number of carbonyl (C=O) groups is 3. The highest BCUT2D eigenvalue weighted by atomic mass is 79.9. The molecule has 0 aliphatic carbocycles. The van der Waals surface area contributed by atoms with E-state index in [1.165, 1.54) is 42.4 Å². The molecule has 142 valence electrons. The Balaban J connectivity index is 1.95. The predicted molar refractivity (Wildman–Crippen MR) is 103 cm³/mol. The number of aliphatic carboxylic acids is 1. The molecule has 2 N–H and O–H groups in total. The maximum Gasteiger partial charge on any atom is 0.305 e. The number of amides is 1. The quantitative estimate of drug-likeness (QED) is 0.604. The number of hydrogen-bond donors (Lipinski definition) is 2. The molecule has 1 atom stereocenters. The topological polar surface area (TPSA) is 96.4 Å². The van der Waals surface area contributed by atoms with Crippen LogP contribution in [0.15, 0.2) is 47.2 Å². The molecule has 0 saturated carbocycles. The summed E-state index contributed by atoms with van der Waals surface area (Å²) in [5.41, 5.74) is 1.06. The second kappa shape index (κ2) is 10.2. The van der Waals surface area contributed by atoms with Gasteiger partial charge in [0.2, 0.25) is 0 Å². The number of rotatable bonds is 9. The third kappa shape index (κ3) is 7.10. The van der Waals surface area contributed by atoms with Gasteiger partial charge in [-0.25, -0.2) is 4.39 Å². The summed E-state index contributed by atoms with van der Waals surface area (Å²) in [5.74, 6) is -2.02. The van der Waals surface area contributed by atoms with Crippen molar-refractivity contribution in [3.8, 4) is 0 Å². The number of Topliss-reactive ketones (excluding diaryl/α,β-unsaturated/α-hetero) is 1. The van der Waals surface area contributed by atoms with Crippen molar-refractivity contribution < 1.29 is 23.9 Å². The van der Waals surface area contributed by atoms with Crippen LogP contribution in [0.3, 0.4) is 0 Å². The molecule has 0 radical (unpaired) electrons. The summed E-state index contributed by atoms with van der Waals surface area (Å²) >= 11 is 4.46. The standard InChI is InChI=1S/C18H16BrFN2O4S/c19-13-5-12(7-21-8-13)18(26)22-15(6-17(24)25)16(23)10-27-9-11-1-3-14(20)4-2-11/h1-5,7-8,15H,6,9-10H2,(H,22,26)(H,24,25)/t15-/m0/s1. The average molecular weight is 455 g/mol. The molecule has 0 spiro atoms. The minimum Gasteiger partial charge on any atom is -0.481 e. The fraction of sp³-hybridized carbons (Fsp3) is 0.222. The number of nitrogens with one attached hydrogen (secondary N) is 1. The van der Waals surface area contributed by atoms with Gasteiger partial charge < -0.3 is 10.4 Å². The number of pyridine rings is 1. The zero-order valence-corrected chi connectivity index (χ0v) is 16.4. The Labute approximate surface area is 167 Å². The van der Waals surface area contributed by atoms with E-state index in [-0.39, 0.29) is 17.1 Å². The fourth-order valence-corrected chi connectivity index (χ4v) is 3.45. The number of benzene rings is 1. The van der Waals surface area contributed by atoms with Crippen molar-refractivity contribution in [1.29, 1.82) is 0 Å². The molecule has 2 aromatic rings. The zero-order valence-electron chi connectivity index (χ0n) is 14.0. The number of halogens is 2. The van der Waals surface area contributed by atoms with Gasteiger partial charge in [0.1, 0.15) is 5.82 Å². The Morgan fingerprint density at radius 3 is 2.56 bits per heavy atom. The van der Waals surface area contributed by atoms with Gasteiger partial charge in [-0.3, -0.25) is 19.4 Å². The maximum absolute atomic E-state index is 12.9. The van der Waals surface area contributed by atoms with Gasteiger partial charge in [-0.05, 0) is 39.7 Å². The smallest absolute Gasteiger partial charge is 0.305 e. The van der Waals surface area contributed by atoms with Crippen LogP contribution in [-0.4, -0.2) is 39.5 Å². The van der Waals surface area contributed by atoms with Crippen LogP contribution in [0, 0.1) is 5.82 Å². The first-order valence-electron chi connectivity index (χ1n) is 7.83. The van der Waals surface area contributed by atoms with Crippen LogP contribution in [-0.2, 0) is 15.3 Å². The zero-order chi connectivity index (χ0) is 19.8. The Kier molecular flexibility index (Phi) is 7.93. The van der Waals surface area contributed by atoms with Crippen molar-refractivity contribution in [2.75, 3.05) is 5.75 Å². The van der Waals surface area contributed by atoms with Crippen LogP contribution in [0.4, 0.5) is 4.39 Å². The van der Waals surface area contributed by atoms with Crippen molar-refractivity contribution in [1.82, 2.24) is 10.3 Å². The number of ketones is 1. The molecule has 0 bridgehead atoms. The third-order valence-corrected chi connectivity index (χ3v) is 4.93. The molecule has 0 aliphatic heterocycles. The van der Waals surface area contributed by atoms with Gasteiger partial charge >= 0.3 is 5.97 Å². The van der Waals surface area contributed by atoms with E-state index in [9.17, 15) is 18.8 Å². The van der Waals surface area contributed by atoms with Gasteiger partial charge in [-0.15, -0.1) is 11.8 Å². The van der Waals surface area contributed by atoms with E-state index in [0.29, 0.717) is 10.2 Å². The number of aromatic nitrogens is 1. The number of carboxylic acid groups (broad SMARTS) is 1. The summed E-state index contributed by atoms with van der Waals surface area (Å²) in [5, 5.41) is 11.5. The SMILES string of the molecule is O=C(O)C[C@H](NC(=O)c1cncc(Br)c1)C(=O)CSCc1ccc(F)cc1. The van der Waals surface area contributed by atoms with E-state index < -0.39 is 30.1 Å². The first-order valence-corrected chi connectivity index (χ1v) is 9.78. The fourth-order valence-electron chi connectivity index (χ4n) is 2.15. The van der Waals surface area contributed by atoms with Crippen molar-refractivity contribution in [2.45, 2.75) is 18.2 Å². The van der Waals surface area contributed by atoms with Gasteiger partial charge in [0.15, 0.2) is 5.78 Å². The van der Waals surface area contributed by atoms with E-state index >= 15 is 0 Å². The monoisotopic (exact) mass is 454 g/mol. The van der Waals surface area contributed by atoms with Gasteiger partial charge in [-0.2, -0.15) is 0 Å². The third-order valence-electron chi connectivity index (χ3n) is 3.47. The van der Waals surface area contributed by atoms with Crippen molar-refractivity contribution in [3.63, 3.8) is 0 Å². The van der Waals surface area contributed by atoms with E-state index in [1.807, 2.05) is 0 Å². The molecule has 1 aromatic heterocycles. The van der Waals surface area contributed by atoms with Gasteiger partial charge in [-0.1, -0.05) is 12.1 Å². The van der Waals surface area contributed by atoms with Crippen LogP contribution in [0.25, 0.3) is 0 Å². The molecule has 0 unspecified atom stereocenters. The molecule has 1 heterocycles. The van der Waals surface area contributed by atoms with E-state index in [1.54, 1.807) is 12.1 Å².